The van der Waals surface area contributed by atoms with E-state index in [0.29, 0.717) is 42.9 Å². The van der Waals surface area contributed by atoms with E-state index < -0.39 is 17.6 Å². The van der Waals surface area contributed by atoms with Gasteiger partial charge < -0.3 is 25.4 Å². The first kappa shape index (κ1) is 29.7. The van der Waals surface area contributed by atoms with Gasteiger partial charge in [-0.2, -0.15) is 0 Å². The Morgan fingerprint density at radius 1 is 1.00 bits per heavy atom. The van der Waals surface area contributed by atoms with Crippen LogP contribution < -0.4 is 16.0 Å². The molecule has 2 aromatic carbocycles. The second-order valence-electron chi connectivity index (χ2n) is 11.7. The minimum atomic E-state index is -0.755. The van der Waals surface area contributed by atoms with E-state index in [4.69, 9.17) is 15.2 Å². The minimum absolute atomic E-state index is 0.113. The Kier molecular flexibility index (Phi) is 9.60. The van der Waals surface area contributed by atoms with E-state index in [1.54, 1.807) is 31.4 Å². The van der Waals surface area contributed by atoms with Crippen LogP contribution in [-0.4, -0.2) is 73.2 Å². The second kappa shape index (κ2) is 12.9. The topological polar surface area (TPSA) is 114 Å². The Morgan fingerprint density at radius 2 is 1.65 bits per heavy atom. The van der Waals surface area contributed by atoms with E-state index in [-0.39, 0.29) is 11.8 Å². The number of amides is 2. The number of nitrogens with two attached hydrogens (primary N) is 1. The van der Waals surface area contributed by atoms with Crippen molar-refractivity contribution >= 4 is 29.2 Å². The van der Waals surface area contributed by atoms with E-state index in [9.17, 15) is 14.4 Å². The van der Waals surface area contributed by atoms with Gasteiger partial charge in [-0.25, -0.2) is 4.79 Å². The number of benzene rings is 2. The summed E-state index contributed by atoms with van der Waals surface area (Å²) >= 11 is 0. The standard InChI is InChI=1S/C31H42N4O5/c1-31(2,3)40-30(38)22-7-9-23(10-8-22)33-29(37)27(32)19-21-5-11-25(12-6-21)35-18-17-34(20-28(35)36)24-13-15-26(39-4)16-14-24/h5-12,24,26-27H,13-20,32H2,1-4H3,(H,33,37). The summed E-state index contributed by atoms with van der Waals surface area (Å²) in [6.45, 7) is 7.39. The van der Waals surface area contributed by atoms with Crippen LogP contribution in [-0.2, 0) is 25.5 Å². The number of ether oxygens (including phenoxy) is 2. The molecule has 1 aliphatic carbocycles. The summed E-state index contributed by atoms with van der Waals surface area (Å²) < 4.78 is 10.8. The van der Waals surface area contributed by atoms with Gasteiger partial charge in [0, 0.05) is 37.6 Å². The van der Waals surface area contributed by atoms with E-state index in [0.717, 1.165) is 43.5 Å². The average molecular weight is 551 g/mol. The normalized spacial score (nSPS) is 21.1. The zero-order valence-corrected chi connectivity index (χ0v) is 24.0. The number of nitrogens with zero attached hydrogens (tertiary/aromatic N) is 2. The summed E-state index contributed by atoms with van der Waals surface area (Å²) in [5, 5.41) is 2.80. The zero-order chi connectivity index (χ0) is 28.9. The number of anilines is 2. The number of methoxy groups -OCH3 is 1. The zero-order valence-electron chi connectivity index (χ0n) is 24.0. The molecule has 3 N–H and O–H groups in total. The highest BCUT2D eigenvalue weighted by molar-refractivity contribution is 5.96. The van der Waals surface area contributed by atoms with Gasteiger partial charge in [0.05, 0.1) is 24.3 Å². The van der Waals surface area contributed by atoms with Gasteiger partial charge in [0.1, 0.15) is 5.60 Å². The molecule has 1 aliphatic heterocycles. The molecule has 9 nitrogen and oxygen atoms in total. The van der Waals surface area contributed by atoms with Crippen LogP contribution in [0.15, 0.2) is 48.5 Å². The molecule has 2 aliphatic rings. The molecule has 1 atom stereocenters. The van der Waals surface area contributed by atoms with Crippen LogP contribution >= 0.6 is 0 Å². The molecule has 1 saturated heterocycles. The molecular formula is C31H42N4O5. The van der Waals surface area contributed by atoms with Crippen molar-refractivity contribution in [3.63, 3.8) is 0 Å². The van der Waals surface area contributed by atoms with Gasteiger partial charge in [-0.15, -0.1) is 0 Å². The second-order valence-corrected chi connectivity index (χ2v) is 11.7. The monoisotopic (exact) mass is 550 g/mol. The van der Waals surface area contributed by atoms with Gasteiger partial charge >= 0.3 is 5.97 Å². The largest absolute Gasteiger partial charge is 0.456 e. The lowest BCUT2D eigenvalue weighted by atomic mass is 9.91. The van der Waals surface area contributed by atoms with E-state index in [1.165, 1.54) is 0 Å². The lowest BCUT2D eigenvalue weighted by Crippen LogP contribution is -2.54. The predicted octanol–water partition coefficient (Wildman–Crippen LogP) is 3.76. The number of carbonyl (C=O) groups is 3. The third-order valence-corrected chi connectivity index (χ3v) is 7.57. The number of esters is 1. The van der Waals surface area contributed by atoms with Gasteiger partial charge in [0.25, 0.3) is 0 Å². The molecule has 216 valence electrons. The fourth-order valence-electron chi connectivity index (χ4n) is 5.34. The molecule has 1 saturated carbocycles. The van der Waals surface area contributed by atoms with E-state index >= 15 is 0 Å². The maximum atomic E-state index is 13.0. The smallest absolute Gasteiger partial charge is 0.338 e. The van der Waals surface area contributed by atoms with Crippen molar-refractivity contribution in [1.82, 2.24) is 4.90 Å². The third-order valence-electron chi connectivity index (χ3n) is 7.57. The van der Waals surface area contributed by atoms with Gasteiger partial charge in [-0.1, -0.05) is 12.1 Å². The lowest BCUT2D eigenvalue weighted by molar-refractivity contribution is -0.122. The number of hydrogen-bond donors (Lipinski definition) is 2. The van der Waals surface area contributed by atoms with Crippen LogP contribution in [0.25, 0.3) is 0 Å². The molecule has 40 heavy (non-hydrogen) atoms. The molecule has 1 heterocycles. The summed E-state index contributed by atoms with van der Waals surface area (Å²) in [6, 6.07) is 13.9. The van der Waals surface area contributed by atoms with Crippen LogP contribution in [0.4, 0.5) is 11.4 Å². The van der Waals surface area contributed by atoms with Crippen molar-refractivity contribution in [3.8, 4) is 0 Å². The van der Waals surface area contributed by atoms with Crippen molar-refractivity contribution in [2.75, 3.05) is 37.0 Å². The Bertz CT molecular complexity index is 1170. The lowest BCUT2D eigenvalue weighted by Gasteiger charge is -2.41. The summed E-state index contributed by atoms with van der Waals surface area (Å²) in [4.78, 5) is 42.0. The molecule has 4 rings (SSSR count). The quantitative estimate of drug-likeness (QED) is 0.481. The minimum Gasteiger partial charge on any atom is -0.456 e. The molecule has 2 aromatic rings. The van der Waals surface area contributed by atoms with Crippen molar-refractivity contribution in [2.24, 2.45) is 5.73 Å². The Hall–Kier alpha value is -3.27. The van der Waals surface area contributed by atoms with E-state index in [1.807, 2.05) is 49.9 Å². The van der Waals surface area contributed by atoms with Crippen molar-refractivity contribution < 1.29 is 23.9 Å². The van der Waals surface area contributed by atoms with Crippen molar-refractivity contribution in [2.45, 2.75) is 76.7 Å². The highest BCUT2D eigenvalue weighted by Gasteiger charge is 2.32. The highest BCUT2D eigenvalue weighted by atomic mass is 16.6. The van der Waals surface area contributed by atoms with Crippen molar-refractivity contribution in [1.29, 1.82) is 0 Å². The van der Waals surface area contributed by atoms with E-state index in [2.05, 4.69) is 10.2 Å². The SMILES string of the molecule is COC1CCC(N2CCN(c3ccc(CC(N)C(=O)Nc4ccc(C(=O)OC(C)(C)C)cc4)cc3)C(=O)C2)CC1. The maximum absolute atomic E-state index is 13.0. The first-order valence-corrected chi connectivity index (χ1v) is 14.1. The van der Waals surface area contributed by atoms with Crippen LogP contribution in [0.2, 0.25) is 0 Å². The van der Waals surface area contributed by atoms with Crippen LogP contribution in [0, 0.1) is 0 Å². The van der Waals surface area contributed by atoms with Gasteiger partial charge in [-0.3, -0.25) is 14.5 Å². The molecule has 2 amide bonds. The first-order valence-electron chi connectivity index (χ1n) is 14.1. The fraction of sp³-hybridized carbons (Fsp3) is 0.516. The molecule has 0 aromatic heterocycles. The summed E-state index contributed by atoms with van der Waals surface area (Å²) in [7, 11) is 1.77. The number of carbonyl (C=O) groups excluding carboxylic acids is 3. The number of rotatable bonds is 8. The molecule has 0 radical (unpaired) electrons. The van der Waals surface area contributed by atoms with Crippen LogP contribution in [0.1, 0.15) is 62.4 Å². The summed E-state index contributed by atoms with van der Waals surface area (Å²) in [6.07, 6.45) is 4.96. The van der Waals surface area contributed by atoms with Crippen molar-refractivity contribution in [3.05, 3.63) is 59.7 Å². The molecule has 0 spiro atoms. The first-order chi connectivity index (χ1) is 19.0. The van der Waals surface area contributed by atoms with Gasteiger partial charge in [0.2, 0.25) is 11.8 Å². The third kappa shape index (κ3) is 7.90. The molecule has 0 bridgehead atoms. The van der Waals surface area contributed by atoms with Gasteiger partial charge in [0.15, 0.2) is 0 Å². The van der Waals surface area contributed by atoms with Crippen LogP contribution in [0.5, 0.6) is 0 Å². The number of hydrogen-bond acceptors (Lipinski definition) is 7. The Balaban J connectivity index is 1.26. The summed E-state index contributed by atoms with van der Waals surface area (Å²) in [5.74, 6) is -0.625. The summed E-state index contributed by atoms with van der Waals surface area (Å²) in [5.41, 5.74) is 8.33. The maximum Gasteiger partial charge on any atom is 0.338 e. The Morgan fingerprint density at radius 3 is 2.23 bits per heavy atom. The molecule has 1 unspecified atom stereocenters. The molecule has 2 fully saturated rings. The highest BCUT2D eigenvalue weighted by Crippen LogP contribution is 2.27. The van der Waals surface area contributed by atoms with Gasteiger partial charge in [-0.05, 0) is 94.8 Å². The molecule has 9 heteroatoms. The van der Waals surface area contributed by atoms with Crippen LogP contribution in [0.3, 0.4) is 0 Å². The Labute approximate surface area is 237 Å². The number of piperazine rings is 1. The average Bonchev–Trinajstić information content (AvgIpc) is 2.93. The number of nitrogens with one attached hydrogen (secondary N) is 1. The molecular weight excluding hydrogens is 508 g/mol. The fourth-order valence-corrected chi connectivity index (χ4v) is 5.34. The predicted molar refractivity (Wildman–Crippen MR) is 155 cm³/mol.